The zero-order valence-corrected chi connectivity index (χ0v) is 18.5. The Labute approximate surface area is 185 Å². The number of sulfonamides is 1. The second-order valence-electron chi connectivity index (χ2n) is 7.37. The molecule has 1 saturated heterocycles. The highest BCUT2D eigenvalue weighted by Crippen LogP contribution is 2.30. The van der Waals surface area contributed by atoms with Crippen LogP contribution in [0.2, 0.25) is 0 Å². The topological polar surface area (TPSA) is 106 Å². The minimum atomic E-state index is -4.12. The summed E-state index contributed by atoms with van der Waals surface area (Å²) in [6.07, 6.45) is 0.383. The number of hydrogen-bond donors (Lipinski definition) is 3. The summed E-state index contributed by atoms with van der Waals surface area (Å²) in [5.41, 5.74) is -1.35. The lowest BCUT2D eigenvalue weighted by molar-refractivity contribution is -0.128. The van der Waals surface area contributed by atoms with Gasteiger partial charge in [0.2, 0.25) is 15.9 Å². The fourth-order valence-electron chi connectivity index (χ4n) is 3.54. The van der Waals surface area contributed by atoms with Crippen LogP contribution in [0.1, 0.15) is 18.4 Å². The molecular formula is C21H25F2N3O5S. The van der Waals surface area contributed by atoms with Crippen molar-refractivity contribution in [3.8, 4) is 11.5 Å². The summed E-state index contributed by atoms with van der Waals surface area (Å²) in [6, 6.07) is 7.16. The van der Waals surface area contributed by atoms with E-state index in [1.165, 1.54) is 38.5 Å². The predicted molar refractivity (Wildman–Crippen MR) is 113 cm³/mol. The largest absolute Gasteiger partial charge is 0.493 e. The van der Waals surface area contributed by atoms with Crippen LogP contribution in [0.25, 0.3) is 0 Å². The van der Waals surface area contributed by atoms with E-state index < -0.39 is 33.1 Å². The van der Waals surface area contributed by atoms with E-state index in [-0.39, 0.29) is 35.6 Å². The summed E-state index contributed by atoms with van der Waals surface area (Å²) in [4.78, 5) is 13.0. The summed E-state index contributed by atoms with van der Waals surface area (Å²) >= 11 is 0. The van der Waals surface area contributed by atoms with Crippen LogP contribution < -0.4 is 24.8 Å². The van der Waals surface area contributed by atoms with Crippen molar-refractivity contribution >= 4 is 15.9 Å². The molecule has 0 aromatic heterocycles. The lowest BCUT2D eigenvalue weighted by atomic mass is 9.88. The van der Waals surface area contributed by atoms with E-state index in [0.717, 1.165) is 12.1 Å². The molecule has 0 atom stereocenters. The highest BCUT2D eigenvalue weighted by Gasteiger charge is 2.43. The van der Waals surface area contributed by atoms with Crippen LogP contribution in [0.4, 0.5) is 8.78 Å². The van der Waals surface area contributed by atoms with Crippen LogP contribution in [0.15, 0.2) is 41.3 Å². The number of rotatable bonds is 8. The molecule has 3 rings (SSSR count). The summed E-state index contributed by atoms with van der Waals surface area (Å²) in [7, 11) is -1.30. The van der Waals surface area contributed by atoms with Crippen molar-refractivity contribution in [2.75, 3.05) is 27.3 Å². The molecular weight excluding hydrogens is 444 g/mol. The second-order valence-corrected chi connectivity index (χ2v) is 9.06. The van der Waals surface area contributed by atoms with Gasteiger partial charge in [0, 0.05) is 24.2 Å². The summed E-state index contributed by atoms with van der Waals surface area (Å²) in [5, 5.41) is 5.67. The standard InChI is InChI=1S/C21H25F2N3O5S/c1-30-18-6-5-16(12-19(18)31-2)32(28,29)26-21(7-9-24-10-8-21)20(27)25-13-14-3-4-15(22)11-17(14)23/h3-6,11-12,24,26H,7-10,13H2,1-2H3,(H,25,27). The van der Waals surface area contributed by atoms with E-state index >= 15 is 0 Å². The van der Waals surface area contributed by atoms with Gasteiger partial charge in [0.25, 0.3) is 0 Å². The van der Waals surface area contributed by atoms with Crippen molar-refractivity contribution in [1.29, 1.82) is 0 Å². The molecule has 0 spiro atoms. The molecule has 32 heavy (non-hydrogen) atoms. The first kappa shape index (κ1) is 23.9. The van der Waals surface area contributed by atoms with E-state index in [1.54, 1.807) is 0 Å². The smallest absolute Gasteiger partial charge is 0.241 e. The molecule has 2 aromatic rings. The van der Waals surface area contributed by atoms with Gasteiger partial charge in [0.1, 0.15) is 17.2 Å². The van der Waals surface area contributed by atoms with Crippen molar-refractivity contribution in [3.63, 3.8) is 0 Å². The minimum Gasteiger partial charge on any atom is -0.493 e. The first-order valence-corrected chi connectivity index (χ1v) is 11.4. The van der Waals surface area contributed by atoms with Gasteiger partial charge >= 0.3 is 0 Å². The van der Waals surface area contributed by atoms with Crippen LogP contribution in [0.5, 0.6) is 11.5 Å². The Hall–Kier alpha value is -2.76. The first-order valence-electron chi connectivity index (χ1n) is 9.90. The molecule has 2 aromatic carbocycles. The molecule has 0 radical (unpaired) electrons. The van der Waals surface area contributed by atoms with E-state index in [9.17, 15) is 22.0 Å². The number of carbonyl (C=O) groups is 1. The SMILES string of the molecule is COc1ccc(S(=O)(=O)NC2(C(=O)NCc3ccc(F)cc3F)CCNCC2)cc1OC. The van der Waals surface area contributed by atoms with Crippen molar-refractivity contribution in [3.05, 3.63) is 53.6 Å². The average Bonchev–Trinajstić information content (AvgIpc) is 2.78. The molecule has 3 N–H and O–H groups in total. The highest BCUT2D eigenvalue weighted by atomic mass is 32.2. The fraction of sp³-hybridized carbons (Fsp3) is 0.381. The number of ether oxygens (including phenoxy) is 2. The van der Waals surface area contributed by atoms with Crippen LogP contribution in [0.3, 0.4) is 0 Å². The Morgan fingerprint density at radius 1 is 1.06 bits per heavy atom. The molecule has 0 bridgehead atoms. The van der Waals surface area contributed by atoms with Crippen LogP contribution in [-0.4, -0.2) is 47.2 Å². The molecule has 1 aliphatic heterocycles. The lowest BCUT2D eigenvalue weighted by Crippen LogP contribution is -2.62. The fourth-order valence-corrected chi connectivity index (χ4v) is 4.98. The summed E-state index contributed by atoms with van der Waals surface area (Å²) in [5.74, 6) is -1.52. The van der Waals surface area contributed by atoms with Gasteiger partial charge in [-0.25, -0.2) is 17.2 Å². The second kappa shape index (κ2) is 9.80. The number of carbonyl (C=O) groups excluding carboxylic acids is 1. The first-order chi connectivity index (χ1) is 15.2. The van der Waals surface area contributed by atoms with Crippen LogP contribution >= 0.6 is 0 Å². The van der Waals surface area contributed by atoms with E-state index in [2.05, 4.69) is 15.4 Å². The van der Waals surface area contributed by atoms with Crippen molar-refractivity contribution in [2.24, 2.45) is 0 Å². The maximum absolute atomic E-state index is 13.9. The Kier molecular flexibility index (Phi) is 7.32. The van der Waals surface area contributed by atoms with Gasteiger partial charge < -0.3 is 20.1 Å². The zero-order chi connectivity index (χ0) is 23.4. The number of amides is 1. The molecule has 8 nitrogen and oxygen atoms in total. The molecule has 1 fully saturated rings. The number of benzene rings is 2. The molecule has 174 valence electrons. The minimum absolute atomic E-state index is 0.0894. The highest BCUT2D eigenvalue weighted by molar-refractivity contribution is 7.89. The third kappa shape index (κ3) is 5.17. The number of hydrogen-bond acceptors (Lipinski definition) is 6. The Morgan fingerprint density at radius 2 is 1.75 bits per heavy atom. The van der Waals surface area contributed by atoms with Crippen molar-refractivity contribution < 1.29 is 31.5 Å². The lowest BCUT2D eigenvalue weighted by Gasteiger charge is -2.36. The maximum atomic E-state index is 13.9. The van der Waals surface area contributed by atoms with Crippen LogP contribution in [-0.2, 0) is 21.4 Å². The Balaban J connectivity index is 1.84. The Bertz CT molecular complexity index is 1090. The van der Waals surface area contributed by atoms with E-state index in [4.69, 9.17) is 9.47 Å². The Morgan fingerprint density at radius 3 is 2.38 bits per heavy atom. The molecule has 1 aliphatic rings. The van der Waals surface area contributed by atoms with Gasteiger partial charge in [-0.3, -0.25) is 4.79 Å². The van der Waals surface area contributed by atoms with E-state index in [0.29, 0.717) is 18.8 Å². The van der Waals surface area contributed by atoms with Crippen molar-refractivity contribution in [2.45, 2.75) is 29.8 Å². The molecule has 1 heterocycles. The van der Waals surface area contributed by atoms with Gasteiger partial charge in [0.15, 0.2) is 11.5 Å². The maximum Gasteiger partial charge on any atom is 0.241 e. The normalized spacial score (nSPS) is 15.8. The molecule has 0 saturated carbocycles. The van der Waals surface area contributed by atoms with Crippen LogP contribution in [0, 0.1) is 11.6 Å². The predicted octanol–water partition coefficient (Wildman–Crippen LogP) is 1.70. The van der Waals surface area contributed by atoms with E-state index in [1.807, 2.05) is 0 Å². The van der Waals surface area contributed by atoms with Gasteiger partial charge in [0.05, 0.1) is 19.1 Å². The van der Waals surface area contributed by atoms with Gasteiger partial charge in [-0.2, -0.15) is 4.72 Å². The monoisotopic (exact) mass is 469 g/mol. The molecule has 1 amide bonds. The van der Waals surface area contributed by atoms with Gasteiger partial charge in [-0.15, -0.1) is 0 Å². The third-order valence-electron chi connectivity index (χ3n) is 5.34. The average molecular weight is 470 g/mol. The van der Waals surface area contributed by atoms with Crippen molar-refractivity contribution in [1.82, 2.24) is 15.4 Å². The quantitative estimate of drug-likeness (QED) is 0.544. The molecule has 0 unspecified atom stereocenters. The number of halogens is 2. The number of methoxy groups -OCH3 is 2. The summed E-state index contributed by atoms with van der Waals surface area (Å²) < 4.78 is 66.2. The molecule has 11 heteroatoms. The van der Waals surface area contributed by atoms with Gasteiger partial charge in [-0.05, 0) is 44.1 Å². The zero-order valence-electron chi connectivity index (χ0n) is 17.7. The number of nitrogens with one attached hydrogen (secondary N) is 3. The van der Waals surface area contributed by atoms with Gasteiger partial charge in [-0.1, -0.05) is 6.07 Å². The number of piperidine rings is 1. The summed E-state index contributed by atoms with van der Waals surface area (Å²) in [6.45, 7) is 0.609. The third-order valence-corrected chi connectivity index (χ3v) is 6.88. The molecule has 0 aliphatic carbocycles.